The molecule has 12 heavy (non-hydrogen) atoms. The highest BCUT2D eigenvalue weighted by atomic mass is 32.2. The molecule has 0 aromatic rings. The molecule has 0 aliphatic rings. The number of hydrogen-bond acceptors (Lipinski definition) is 3. The van der Waals surface area contributed by atoms with E-state index in [4.69, 9.17) is 0 Å². The summed E-state index contributed by atoms with van der Waals surface area (Å²) in [6.07, 6.45) is 0.656. The minimum absolute atomic E-state index is 0.308. The third-order valence-corrected chi connectivity index (χ3v) is 2.85. The summed E-state index contributed by atoms with van der Waals surface area (Å²) in [7, 11) is 0. The van der Waals surface area contributed by atoms with Crippen molar-refractivity contribution in [2.24, 2.45) is 0 Å². The van der Waals surface area contributed by atoms with Gasteiger partial charge in [-0.05, 0) is 13.1 Å². The fourth-order valence-electron chi connectivity index (χ4n) is 0.930. The third kappa shape index (κ3) is 5.61. The monoisotopic (exact) mass is 189 g/mol. The SMILES string of the molecule is CCC(=O)SCCN(CC)CC. The van der Waals surface area contributed by atoms with Crippen LogP contribution in [0, 0.1) is 0 Å². The molecule has 0 N–H and O–H groups in total. The highest BCUT2D eigenvalue weighted by Crippen LogP contribution is 2.04. The van der Waals surface area contributed by atoms with E-state index >= 15 is 0 Å². The maximum Gasteiger partial charge on any atom is 0.188 e. The predicted octanol–water partition coefficient (Wildman–Crippen LogP) is 2.00. The van der Waals surface area contributed by atoms with Crippen molar-refractivity contribution in [2.75, 3.05) is 25.4 Å². The van der Waals surface area contributed by atoms with Crippen LogP contribution in [0.25, 0.3) is 0 Å². The molecule has 0 amide bonds. The van der Waals surface area contributed by atoms with E-state index in [2.05, 4.69) is 18.7 Å². The van der Waals surface area contributed by atoms with E-state index in [9.17, 15) is 4.79 Å². The van der Waals surface area contributed by atoms with Gasteiger partial charge in [0.05, 0.1) is 0 Å². The summed E-state index contributed by atoms with van der Waals surface area (Å²) >= 11 is 1.45. The van der Waals surface area contributed by atoms with E-state index in [0.29, 0.717) is 11.5 Å². The molecule has 0 heterocycles. The Morgan fingerprint density at radius 2 is 1.83 bits per heavy atom. The van der Waals surface area contributed by atoms with Crippen LogP contribution in [0.3, 0.4) is 0 Å². The Labute approximate surface area is 79.7 Å². The molecule has 0 spiro atoms. The Kier molecular flexibility index (Phi) is 7.61. The largest absolute Gasteiger partial charge is 0.303 e. The van der Waals surface area contributed by atoms with Gasteiger partial charge in [-0.25, -0.2) is 0 Å². The highest BCUT2D eigenvalue weighted by molar-refractivity contribution is 8.13. The number of hydrogen-bond donors (Lipinski definition) is 0. The Balaban J connectivity index is 3.34. The van der Waals surface area contributed by atoms with Gasteiger partial charge in [0.15, 0.2) is 5.12 Å². The first-order valence-electron chi connectivity index (χ1n) is 4.62. The molecule has 0 aliphatic carbocycles. The lowest BCUT2D eigenvalue weighted by Crippen LogP contribution is -2.25. The molecule has 2 nitrogen and oxygen atoms in total. The molecule has 72 valence electrons. The maximum absolute atomic E-state index is 10.9. The molecule has 0 atom stereocenters. The molecule has 0 aliphatic heterocycles. The van der Waals surface area contributed by atoms with Gasteiger partial charge in [-0.3, -0.25) is 4.79 Å². The molecule has 0 saturated heterocycles. The van der Waals surface area contributed by atoms with Gasteiger partial charge in [0.1, 0.15) is 0 Å². The third-order valence-electron chi connectivity index (χ3n) is 1.85. The van der Waals surface area contributed by atoms with Crippen LogP contribution in [0.5, 0.6) is 0 Å². The van der Waals surface area contributed by atoms with Gasteiger partial charge in [0.25, 0.3) is 0 Å². The van der Waals surface area contributed by atoms with Gasteiger partial charge in [-0.1, -0.05) is 32.5 Å². The number of carbonyl (C=O) groups excluding carboxylic acids is 1. The van der Waals surface area contributed by atoms with Gasteiger partial charge in [-0.2, -0.15) is 0 Å². The summed E-state index contributed by atoms with van der Waals surface area (Å²) < 4.78 is 0. The van der Waals surface area contributed by atoms with E-state index < -0.39 is 0 Å². The van der Waals surface area contributed by atoms with Crippen molar-refractivity contribution < 1.29 is 4.79 Å². The normalized spacial score (nSPS) is 10.7. The van der Waals surface area contributed by atoms with Crippen molar-refractivity contribution in [2.45, 2.75) is 27.2 Å². The van der Waals surface area contributed by atoms with Crippen LogP contribution in [0.15, 0.2) is 0 Å². The topological polar surface area (TPSA) is 20.3 Å². The number of rotatable bonds is 6. The Hall–Kier alpha value is -0.0200. The fourth-order valence-corrected chi connectivity index (χ4v) is 1.71. The van der Waals surface area contributed by atoms with Gasteiger partial charge in [0, 0.05) is 18.7 Å². The second-order valence-corrected chi connectivity index (χ2v) is 3.75. The number of thioether (sulfide) groups is 1. The molecule has 0 radical (unpaired) electrons. The zero-order valence-electron chi connectivity index (χ0n) is 8.30. The average Bonchev–Trinajstić information content (AvgIpc) is 2.12. The van der Waals surface area contributed by atoms with Crippen LogP contribution in [-0.4, -0.2) is 35.4 Å². The second kappa shape index (κ2) is 7.62. The standard InChI is InChI=1S/C9H19NOS/c1-4-9(11)12-8-7-10(5-2)6-3/h4-8H2,1-3H3. The smallest absolute Gasteiger partial charge is 0.188 e. The molecule has 0 rings (SSSR count). The number of nitrogens with zero attached hydrogens (tertiary/aromatic N) is 1. The average molecular weight is 189 g/mol. The maximum atomic E-state index is 10.9. The molecular formula is C9H19NOS. The molecule has 0 aromatic heterocycles. The van der Waals surface area contributed by atoms with Crippen molar-refractivity contribution in [3.05, 3.63) is 0 Å². The summed E-state index contributed by atoms with van der Waals surface area (Å²) in [6, 6.07) is 0. The summed E-state index contributed by atoms with van der Waals surface area (Å²) in [5.41, 5.74) is 0. The van der Waals surface area contributed by atoms with Crippen molar-refractivity contribution >= 4 is 16.9 Å². The van der Waals surface area contributed by atoms with E-state index in [1.54, 1.807) is 0 Å². The van der Waals surface area contributed by atoms with Crippen molar-refractivity contribution in [1.82, 2.24) is 4.90 Å². The molecule has 0 saturated carbocycles. The van der Waals surface area contributed by atoms with Gasteiger partial charge < -0.3 is 4.90 Å². The first-order valence-corrected chi connectivity index (χ1v) is 5.61. The summed E-state index contributed by atoms with van der Waals surface area (Å²) in [6.45, 7) is 9.40. The molecule has 0 aromatic carbocycles. The van der Waals surface area contributed by atoms with Crippen LogP contribution >= 0.6 is 11.8 Å². The summed E-state index contributed by atoms with van der Waals surface area (Å²) in [5, 5.41) is 0.308. The highest BCUT2D eigenvalue weighted by Gasteiger charge is 2.01. The Morgan fingerprint density at radius 1 is 1.25 bits per heavy atom. The Morgan fingerprint density at radius 3 is 2.25 bits per heavy atom. The Bertz CT molecular complexity index is 124. The van der Waals surface area contributed by atoms with Crippen LogP contribution in [0.2, 0.25) is 0 Å². The van der Waals surface area contributed by atoms with Gasteiger partial charge in [-0.15, -0.1) is 0 Å². The van der Waals surface area contributed by atoms with Gasteiger partial charge in [0.2, 0.25) is 0 Å². The first kappa shape index (κ1) is 12.0. The molecule has 3 heteroatoms. The van der Waals surface area contributed by atoms with Crippen molar-refractivity contribution in [3.63, 3.8) is 0 Å². The molecule has 0 fully saturated rings. The van der Waals surface area contributed by atoms with Gasteiger partial charge >= 0.3 is 0 Å². The van der Waals surface area contributed by atoms with Crippen molar-refractivity contribution in [1.29, 1.82) is 0 Å². The van der Waals surface area contributed by atoms with Crippen LogP contribution < -0.4 is 0 Å². The lowest BCUT2D eigenvalue weighted by Gasteiger charge is -2.16. The molecule has 0 bridgehead atoms. The van der Waals surface area contributed by atoms with Crippen molar-refractivity contribution in [3.8, 4) is 0 Å². The fraction of sp³-hybridized carbons (Fsp3) is 0.889. The minimum atomic E-state index is 0.308. The lowest BCUT2D eigenvalue weighted by atomic mass is 10.5. The lowest BCUT2D eigenvalue weighted by molar-refractivity contribution is -0.110. The second-order valence-electron chi connectivity index (χ2n) is 2.60. The first-order chi connectivity index (χ1) is 5.74. The quantitative estimate of drug-likeness (QED) is 0.637. The summed E-state index contributed by atoms with van der Waals surface area (Å²) in [4.78, 5) is 13.2. The van der Waals surface area contributed by atoms with E-state index in [1.165, 1.54) is 11.8 Å². The molecular weight excluding hydrogens is 170 g/mol. The van der Waals surface area contributed by atoms with Crippen LogP contribution in [0.1, 0.15) is 27.2 Å². The molecule has 0 unspecified atom stereocenters. The number of carbonyl (C=O) groups is 1. The zero-order chi connectivity index (χ0) is 9.40. The minimum Gasteiger partial charge on any atom is -0.303 e. The summed E-state index contributed by atoms with van der Waals surface area (Å²) in [5.74, 6) is 0.939. The predicted molar refractivity (Wildman–Crippen MR) is 55.5 cm³/mol. The van der Waals surface area contributed by atoms with E-state index in [1.807, 2.05) is 6.92 Å². The van der Waals surface area contributed by atoms with E-state index in [-0.39, 0.29) is 0 Å². The van der Waals surface area contributed by atoms with Crippen LogP contribution in [-0.2, 0) is 4.79 Å². The van der Waals surface area contributed by atoms with Crippen LogP contribution in [0.4, 0.5) is 0 Å². The van der Waals surface area contributed by atoms with E-state index in [0.717, 1.165) is 25.4 Å². The zero-order valence-corrected chi connectivity index (χ0v) is 9.12.